The van der Waals surface area contributed by atoms with E-state index >= 15 is 0 Å². The van der Waals surface area contributed by atoms with Crippen LogP contribution in [0.5, 0.6) is 0 Å². The van der Waals surface area contributed by atoms with Crippen molar-refractivity contribution in [3.05, 3.63) is 12.1 Å². The van der Waals surface area contributed by atoms with Crippen molar-refractivity contribution in [3.63, 3.8) is 0 Å². The minimum atomic E-state index is 0.400. The molecule has 0 aromatic carbocycles. The van der Waals surface area contributed by atoms with Crippen LogP contribution in [0.3, 0.4) is 0 Å². The molecule has 1 aromatic heterocycles. The van der Waals surface area contributed by atoms with Crippen LogP contribution in [0, 0.1) is 0 Å². The molecular formula is C10H16N4O. The first-order valence-electron chi connectivity index (χ1n) is 5.25. The summed E-state index contributed by atoms with van der Waals surface area (Å²) in [5.74, 6) is 1.35. The molecule has 0 saturated carbocycles. The van der Waals surface area contributed by atoms with Crippen LogP contribution in [0.2, 0.25) is 0 Å². The van der Waals surface area contributed by atoms with E-state index in [0.717, 1.165) is 32.0 Å². The molecule has 1 aliphatic heterocycles. The second kappa shape index (κ2) is 4.44. The Bertz CT molecular complexity index is 314. The third-order valence-electron chi connectivity index (χ3n) is 2.66. The molecule has 1 saturated heterocycles. The van der Waals surface area contributed by atoms with Gasteiger partial charge in [-0.3, -0.25) is 0 Å². The zero-order valence-electron chi connectivity index (χ0n) is 8.89. The molecule has 1 unspecified atom stereocenters. The van der Waals surface area contributed by atoms with Crippen LogP contribution in [-0.4, -0.2) is 36.0 Å². The summed E-state index contributed by atoms with van der Waals surface area (Å²) >= 11 is 0. The standard InChI is InChI=1S/C10H16N4O/c1-2-8-7-15-6-5-14(8)10-4-3-9(11)12-13-10/h3-4,8H,2,5-7H2,1H3,(H2,11,12). The number of aromatic nitrogens is 2. The van der Waals surface area contributed by atoms with Gasteiger partial charge in [0, 0.05) is 6.54 Å². The normalized spacial score (nSPS) is 21.7. The van der Waals surface area contributed by atoms with Crippen LogP contribution in [-0.2, 0) is 4.74 Å². The average Bonchev–Trinajstić information content (AvgIpc) is 2.30. The van der Waals surface area contributed by atoms with Crippen LogP contribution in [0.1, 0.15) is 13.3 Å². The van der Waals surface area contributed by atoms with Gasteiger partial charge < -0.3 is 15.4 Å². The average molecular weight is 208 g/mol. The van der Waals surface area contributed by atoms with E-state index < -0.39 is 0 Å². The van der Waals surface area contributed by atoms with Gasteiger partial charge in [0.25, 0.3) is 0 Å². The van der Waals surface area contributed by atoms with Crippen molar-refractivity contribution in [1.82, 2.24) is 10.2 Å². The number of anilines is 2. The summed E-state index contributed by atoms with van der Waals surface area (Å²) in [7, 11) is 0. The Balaban J connectivity index is 2.16. The Labute approximate surface area is 89.2 Å². The van der Waals surface area contributed by atoms with Crippen LogP contribution in [0.15, 0.2) is 12.1 Å². The minimum Gasteiger partial charge on any atom is -0.382 e. The van der Waals surface area contributed by atoms with Crippen molar-refractivity contribution in [2.75, 3.05) is 30.4 Å². The first-order chi connectivity index (χ1) is 7.31. The summed E-state index contributed by atoms with van der Waals surface area (Å²) in [6.45, 7) is 4.54. The molecule has 1 atom stereocenters. The van der Waals surface area contributed by atoms with Gasteiger partial charge in [-0.15, -0.1) is 10.2 Å². The summed E-state index contributed by atoms with van der Waals surface area (Å²) in [6.07, 6.45) is 1.05. The van der Waals surface area contributed by atoms with Crippen molar-refractivity contribution < 1.29 is 4.74 Å². The molecule has 5 nitrogen and oxygen atoms in total. The molecule has 2 heterocycles. The summed E-state index contributed by atoms with van der Waals surface area (Å²) in [5.41, 5.74) is 5.51. The summed E-state index contributed by atoms with van der Waals surface area (Å²) < 4.78 is 5.43. The molecule has 0 aliphatic carbocycles. The fraction of sp³-hybridized carbons (Fsp3) is 0.600. The number of rotatable bonds is 2. The lowest BCUT2D eigenvalue weighted by Crippen LogP contribution is -2.45. The molecule has 0 amide bonds. The number of ether oxygens (including phenoxy) is 1. The van der Waals surface area contributed by atoms with E-state index in [1.807, 2.05) is 6.07 Å². The maximum atomic E-state index is 5.51. The molecule has 1 aromatic rings. The first-order valence-corrected chi connectivity index (χ1v) is 5.25. The molecule has 82 valence electrons. The number of morpholine rings is 1. The third kappa shape index (κ3) is 2.18. The van der Waals surface area contributed by atoms with Gasteiger partial charge in [0.05, 0.1) is 19.3 Å². The zero-order chi connectivity index (χ0) is 10.7. The first kappa shape index (κ1) is 10.2. The quantitative estimate of drug-likeness (QED) is 0.774. The summed E-state index contributed by atoms with van der Waals surface area (Å²) in [4.78, 5) is 2.23. The predicted octanol–water partition coefficient (Wildman–Crippen LogP) is 0.674. The van der Waals surface area contributed by atoms with Crippen LogP contribution in [0.4, 0.5) is 11.6 Å². The molecular weight excluding hydrogens is 192 g/mol. The second-order valence-corrected chi connectivity index (χ2v) is 3.65. The lowest BCUT2D eigenvalue weighted by Gasteiger charge is -2.35. The minimum absolute atomic E-state index is 0.400. The largest absolute Gasteiger partial charge is 0.382 e. The van der Waals surface area contributed by atoms with Gasteiger partial charge in [-0.2, -0.15) is 0 Å². The Morgan fingerprint density at radius 1 is 1.53 bits per heavy atom. The maximum Gasteiger partial charge on any atom is 0.151 e. The van der Waals surface area contributed by atoms with Gasteiger partial charge in [-0.1, -0.05) is 6.92 Å². The van der Waals surface area contributed by atoms with Crippen LogP contribution < -0.4 is 10.6 Å². The van der Waals surface area contributed by atoms with E-state index in [9.17, 15) is 0 Å². The topological polar surface area (TPSA) is 64.3 Å². The van der Waals surface area contributed by atoms with Crippen molar-refractivity contribution in [2.45, 2.75) is 19.4 Å². The monoisotopic (exact) mass is 208 g/mol. The van der Waals surface area contributed by atoms with E-state index in [-0.39, 0.29) is 0 Å². The lowest BCUT2D eigenvalue weighted by molar-refractivity contribution is 0.0925. The van der Waals surface area contributed by atoms with E-state index in [2.05, 4.69) is 22.0 Å². The predicted molar refractivity (Wildman–Crippen MR) is 58.7 cm³/mol. The highest BCUT2D eigenvalue weighted by Crippen LogP contribution is 2.18. The Morgan fingerprint density at radius 2 is 2.40 bits per heavy atom. The van der Waals surface area contributed by atoms with Crippen LogP contribution in [0.25, 0.3) is 0 Å². The fourth-order valence-corrected chi connectivity index (χ4v) is 1.78. The van der Waals surface area contributed by atoms with E-state index in [4.69, 9.17) is 10.5 Å². The molecule has 2 N–H and O–H groups in total. The smallest absolute Gasteiger partial charge is 0.151 e. The molecule has 0 spiro atoms. The zero-order valence-corrected chi connectivity index (χ0v) is 8.89. The number of hydrogen-bond donors (Lipinski definition) is 1. The molecule has 0 radical (unpaired) electrons. The Hall–Kier alpha value is -1.36. The van der Waals surface area contributed by atoms with Crippen molar-refractivity contribution >= 4 is 11.6 Å². The molecule has 15 heavy (non-hydrogen) atoms. The third-order valence-corrected chi connectivity index (χ3v) is 2.66. The number of nitrogen functional groups attached to an aromatic ring is 1. The molecule has 2 rings (SSSR count). The number of nitrogens with zero attached hydrogens (tertiary/aromatic N) is 3. The Kier molecular flexibility index (Phi) is 3.01. The highest BCUT2D eigenvalue weighted by molar-refractivity contribution is 5.42. The van der Waals surface area contributed by atoms with E-state index in [1.54, 1.807) is 6.07 Å². The lowest BCUT2D eigenvalue weighted by atomic mass is 10.2. The van der Waals surface area contributed by atoms with Gasteiger partial charge >= 0.3 is 0 Å². The van der Waals surface area contributed by atoms with Crippen molar-refractivity contribution in [2.24, 2.45) is 0 Å². The van der Waals surface area contributed by atoms with Gasteiger partial charge in [-0.05, 0) is 18.6 Å². The van der Waals surface area contributed by atoms with Gasteiger partial charge in [0.2, 0.25) is 0 Å². The molecule has 0 bridgehead atoms. The molecule has 1 aliphatic rings. The van der Waals surface area contributed by atoms with Gasteiger partial charge in [0.1, 0.15) is 5.82 Å². The SMILES string of the molecule is CCC1COCCN1c1ccc(N)nn1. The number of hydrogen-bond acceptors (Lipinski definition) is 5. The van der Waals surface area contributed by atoms with Crippen LogP contribution >= 0.6 is 0 Å². The summed E-state index contributed by atoms with van der Waals surface area (Å²) in [5, 5.41) is 7.96. The summed E-state index contributed by atoms with van der Waals surface area (Å²) in [6, 6.07) is 4.09. The molecule has 1 fully saturated rings. The van der Waals surface area contributed by atoms with E-state index in [1.165, 1.54) is 0 Å². The molecule has 5 heteroatoms. The Morgan fingerprint density at radius 3 is 3.07 bits per heavy atom. The fourth-order valence-electron chi connectivity index (χ4n) is 1.78. The number of nitrogens with two attached hydrogens (primary N) is 1. The van der Waals surface area contributed by atoms with Gasteiger partial charge in [-0.25, -0.2) is 0 Å². The van der Waals surface area contributed by atoms with Crippen molar-refractivity contribution in [1.29, 1.82) is 0 Å². The van der Waals surface area contributed by atoms with Crippen molar-refractivity contribution in [3.8, 4) is 0 Å². The second-order valence-electron chi connectivity index (χ2n) is 3.65. The highest BCUT2D eigenvalue weighted by atomic mass is 16.5. The highest BCUT2D eigenvalue weighted by Gasteiger charge is 2.22. The van der Waals surface area contributed by atoms with Gasteiger partial charge in [0.15, 0.2) is 5.82 Å². The van der Waals surface area contributed by atoms with E-state index in [0.29, 0.717) is 11.9 Å². The maximum absolute atomic E-state index is 5.51.